The van der Waals surface area contributed by atoms with E-state index in [0.717, 1.165) is 29.9 Å². The van der Waals surface area contributed by atoms with Gasteiger partial charge in [0.2, 0.25) is 0 Å². The maximum absolute atomic E-state index is 4.40. The number of nitrogens with one attached hydrogen (secondary N) is 1. The molecule has 0 spiro atoms. The molecule has 96 valence electrons. The van der Waals surface area contributed by atoms with E-state index in [0.29, 0.717) is 6.04 Å². The van der Waals surface area contributed by atoms with Gasteiger partial charge in [0.25, 0.3) is 0 Å². The van der Waals surface area contributed by atoms with Crippen LogP contribution in [0.25, 0.3) is 0 Å². The fourth-order valence-electron chi connectivity index (χ4n) is 1.79. The van der Waals surface area contributed by atoms with Crippen LogP contribution in [0.3, 0.4) is 0 Å². The van der Waals surface area contributed by atoms with Crippen molar-refractivity contribution in [3.63, 3.8) is 0 Å². The standard InChI is InChI=1S/C13H22BrN3/c1-5-17(6-2)9-11(4)16-13-12(14)7-10(3)8-15-13/h7-8,11H,5-6,9H2,1-4H3,(H,15,16). The zero-order chi connectivity index (χ0) is 12.8. The first-order chi connectivity index (χ1) is 8.06. The molecule has 1 aromatic heterocycles. The molecule has 1 N–H and O–H groups in total. The SMILES string of the molecule is CCN(CC)CC(C)Nc1ncc(C)cc1Br. The Morgan fingerprint density at radius 1 is 1.41 bits per heavy atom. The molecule has 0 radical (unpaired) electrons. The van der Waals surface area contributed by atoms with Gasteiger partial charge in [0.15, 0.2) is 0 Å². The summed E-state index contributed by atoms with van der Waals surface area (Å²) in [7, 11) is 0. The molecular weight excluding hydrogens is 278 g/mol. The quantitative estimate of drug-likeness (QED) is 0.874. The van der Waals surface area contributed by atoms with Crippen molar-refractivity contribution in [1.29, 1.82) is 0 Å². The molecule has 4 heteroatoms. The Kier molecular flexibility index (Phi) is 5.92. The Morgan fingerprint density at radius 3 is 2.59 bits per heavy atom. The highest BCUT2D eigenvalue weighted by Gasteiger charge is 2.09. The lowest BCUT2D eigenvalue weighted by atomic mass is 10.2. The van der Waals surface area contributed by atoms with E-state index < -0.39 is 0 Å². The van der Waals surface area contributed by atoms with Crippen molar-refractivity contribution in [2.24, 2.45) is 0 Å². The van der Waals surface area contributed by atoms with Gasteiger partial charge >= 0.3 is 0 Å². The van der Waals surface area contributed by atoms with Gasteiger partial charge in [-0.1, -0.05) is 13.8 Å². The molecule has 17 heavy (non-hydrogen) atoms. The second kappa shape index (κ2) is 6.97. The highest BCUT2D eigenvalue weighted by Crippen LogP contribution is 2.21. The average molecular weight is 300 g/mol. The van der Waals surface area contributed by atoms with Gasteiger partial charge in [-0.2, -0.15) is 0 Å². The summed E-state index contributed by atoms with van der Waals surface area (Å²) in [6, 6.07) is 2.47. The number of rotatable bonds is 6. The van der Waals surface area contributed by atoms with E-state index >= 15 is 0 Å². The molecule has 0 aliphatic heterocycles. The Labute approximate surface area is 113 Å². The molecule has 1 atom stereocenters. The lowest BCUT2D eigenvalue weighted by Crippen LogP contribution is -2.35. The lowest BCUT2D eigenvalue weighted by molar-refractivity contribution is 0.294. The van der Waals surface area contributed by atoms with Crippen LogP contribution in [0.4, 0.5) is 5.82 Å². The summed E-state index contributed by atoms with van der Waals surface area (Å²) in [5.41, 5.74) is 1.17. The maximum atomic E-state index is 4.40. The normalized spacial score (nSPS) is 12.8. The van der Waals surface area contributed by atoms with E-state index in [1.807, 2.05) is 13.1 Å². The van der Waals surface area contributed by atoms with Crippen LogP contribution in [0, 0.1) is 6.92 Å². The summed E-state index contributed by atoms with van der Waals surface area (Å²) >= 11 is 3.54. The molecule has 1 unspecified atom stereocenters. The van der Waals surface area contributed by atoms with E-state index in [4.69, 9.17) is 0 Å². The molecule has 0 amide bonds. The van der Waals surface area contributed by atoms with Gasteiger partial charge in [0.05, 0.1) is 4.47 Å². The monoisotopic (exact) mass is 299 g/mol. The number of aromatic nitrogens is 1. The van der Waals surface area contributed by atoms with Gasteiger partial charge in [-0.3, -0.25) is 0 Å². The fraction of sp³-hybridized carbons (Fsp3) is 0.615. The smallest absolute Gasteiger partial charge is 0.140 e. The molecule has 0 saturated carbocycles. The molecule has 0 bridgehead atoms. The highest BCUT2D eigenvalue weighted by molar-refractivity contribution is 9.10. The second-order valence-electron chi connectivity index (χ2n) is 4.37. The zero-order valence-corrected chi connectivity index (χ0v) is 12.7. The van der Waals surface area contributed by atoms with E-state index in [2.05, 4.69) is 58.0 Å². The van der Waals surface area contributed by atoms with Gasteiger partial charge in [-0.25, -0.2) is 4.98 Å². The largest absolute Gasteiger partial charge is 0.365 e. The Hall–Kier alpha value is -0.610. The first-order valence-electron chi connectivity index (χ1n) is 6.17. The van der Waals surface area contributed by atoms with Crippen molar-refractivity contribution in [2.45, 2.75) is 33.7 Å². The summed E-state index contributed by atoms with van der Waals surface area (Å²) in [5, 5.41) is 3.44. The molecule has 0 aliphatic carbocycles. The van der Waals surface area contributed by atoms with Crippen molar-refractivity contribution in [3.05, 3.63) is 22.3 Å². The number of hydrogen-bond donors (Lipinski definition) is 1. The number of aryl methyl sites for hydroxylation is 1. The van der Waals surface area contributed by atoms with Crippen molar-refractivity contribution in [2.75, 3.05) is 25.0 Å². The van der Waals surface area contributed by atoms with E-state index in [9.17, 15) is 0 Å². The van der Waals surface area contributed by atoms with Crippen molar-refractivity contribution in [3.8, 4) is 0 Å². The third kappa shape index (κ3) is 4.64. The maximum Gasteiger partial charge on any atom is 0.140 e. The number of anilines is 1. The summed E-state index contributed by atoms with van der Waals surface area (Å²) in [4.78, 5) is 6.80. The van der Waals surface area contributed by atoms with Crippen LogP contribution in [0.2, 0.25) is 0 Å². The summed E-state index contributed by atoms with van der Waals surface area (Å²) in [5.74, 6) is 0.926. The van der Waals surface area contributed by atoms with Gasteiger partial charge in [-0.05, 0) is 54.5 Å². The minimum atomic E-state index is 0.390. The van der Waals surface area contributed by atoms with Crippen molar-refractivity contribution in [1.82, 2.24) is 9.88 Å². The molecule has 3 nitrogen and oxygen atoms in total. The molecule has 0 aromatic carbocycles. The second-order valence-corrected chi connectivity index (χ2v) is 5.23. The summed E-state index contributed by atoms with van der Waals surface area (Å²) in [6.45, 7) is 11.8. The van der Waals surface area contributed by atoms with Crippen molar-refractivity contribution < 1.29 is 0 Å². The summed E-state index contributed by atoms with van der Waals surface area (Å²) < 4.78 is 1.03. The van der Waals surface area contributed by atoms with Crippen LogP contribution >= 0.6 is 15.9 Å². The van der Waals surface area contributed by atoms with Crippen LogP contribution in [0.1, 0.15) is 26.3 Å². The van der Waals surface area contributed by atoms with Crippen LogP contribution in [0.15, 0.2) is 16.7 Å². The molecular formula is C13H22BrN3. The Bertz CT molecular complexity index is 351. The van der Waals surface area contributed by atoms with E-state index in [1.165, 1.54) is 5.56 Å². The predicted molar refractivity (Wildman–Crippen MR) is 77.5 cm³/mol. The van der Waals surface area contributed by atoms with Gasteiger partial charge in [0, 0.05) is 18.8 Å². The van der Waals surface area contributed by atoms with E-state index in [-0.39, 0.29) is 0 Å². The van der Waals surface area contributed by atoms with Gasteiger partial charge in [0.1, 0.15) is 5.82 Å². The number of likely N-dealkylation sites (N-methyl/N-ethyl adjacent to an activating group) is 1. The zero-order valence-electron chi connectivity index (χ0n) is 11.1. The summed E-state index contributed by atoms with van der Waals surface area (Å²) in [6.07, 6.45) is 1.89. The number of halogens is 1. The minimum Gasteiger partial charge on any atom is -0.365 e. The molecule has 0 saturated heterocycles. The highest BCUT2D eigenvalue weighted by atomic mass is 79.9. The first-order valence-corrected chi connectivity index (χ1v) is 6.97. The van der Waals surface area contributed by atoms with Gasteiger partial charge in [-0.15, -0.1) is 0 Å². The molecule has 0 aliphatic rings. The van der Waals surface area contributed by atoms with Crippen LogP contribution in [-0.2, 0) is 0 Å². The van der Waals surface area contributed by atoms with Crippen LogP contribution < -0.4 is 5.32 Å². The first kappa shape index (κ1) is 14.5. The number of pyridine rings is 1. The third-order valence-electron chi connectivity index (χ3n) is 2.79. The van der Waals surface area contributed by atoms with Crippen LogP contribution in [0.5, 0.6) is 0 Å². The molecule has 1 rings (SSSR count). The van der Waals surface area contributed by atoms with Crippen molar-refractivity contribution >= 4 is 21.7 Å². The third-order valence-corrected chi connectivity index (χ3v) is 3.39. The number of hydrogen-bond acceptors (Lipinski definition) is 3. The Morgan fingerprint density at radius 2 is 2.06 bits per heavy atom. The fourth-order valence-corrected chi connectivity index (χ4v) is 2.37. The topological polar surface area (TPSA) is 28.2 Å². The molecule has 0 fully saturated rings. The molecule has 1 aromatic rings. The minimum absolute atomic E-state index is 0.390. The van der Waals surface area contributed by atoms with E-state index in [1.54, 1.807) is 0 Å². The Balaban J connectivity index is 2.58. The van der Waals surface area contributed by atoms with Gasteiger partial charge < -0.3 is 10.2 Å². The number of nitrogens with zero attached hydrogens (tertiary/aromatic N) is 2. The lowest BCUT2D eigenvalue weighted by Gasteiger charge is -2.24. The molecule has 1 heterocycles. The average Bonchev–Trinajstić information content (AvgIpc) is 2.29. The van der Waals surface area contributed by atoms with Crippen LogP contribution in [-0.4, -0.2) is 35.6 Å². The predicted octanol–water partition coefficient (Wildman–Crippen LogP) is 3.29.